The van der Waals surface area contributed by atoms with Crippen molar-refractivity contribution in [2.75, 3.05) is 0 Å². The predicted molar refractivity (Wildman–Crippen MR) is 68.5 cm³/mol. The van der Waals surface area contributed by atoms with Gasteiger partial charge in [-0.25, -0.2) is 15.0 Å². The Bertz CT molecular complexity index is 618. The van der Waals surface area contributed by atoms with Crippen LogP contribution in [0.3, 0.4) is 0 Å². The fourth-order valence-electron chi connectivity index (χ4n) is 1.10. The zero-order valence-corrected chi connectivity index (χ0v) is 11.7. The van der Waals surface area contributed by atoms with Crippen LogP contribution in [0.5, 0.6) is 0 Å². The maximum atomic E-state index is 11.3. The normalized spacial score (nSPS) is 10.5. The summed E-state index contributed by atoms with van der Waals surface area (Å²) in [5.74, 6) is 0. The molecular formula is C9H6BrClN4OS. The van der Waals surface area contributed by atoms with Crippen LogP contribution < -0.4 is 5.56 Å². The molecule has 2 aromatic heterocycles. The first-order valence-corrected chi connectivity index (χ1v) is 6.47. The highest BCUT2D eigenvalue weighted by molar-refractivity contribution is 9.10. The van der Waals surface area contributed by atoms with Crippen LogP contribution in [0.25, 0.3) is 0 Å². The average Bonchev–Trinajstić information content (AvgIpc) is 2.23. The third-order valence-electron chi connectivity index (χ3n) is 1.76. The van der Waals surface area contributed by atoms with E-state index in [2.05, 4.69) is 35.9 Å². The molecule has 2 aromatic rings. The number of aromatic amines is 1. The van der Waals surface area contributed by atoms with E-state index in [4.69, 9.17) is 11.6 Å². The van der Waals surface area contributed by atoms with E-state index in [-0.39, 0.29) is 5.56 Å². The Balaban J connectivity index is 2.38. The van der Waals surface area contributed by atoms with E-state index >= 15 is 0 Å². The van der Waals surface area contributed by atoms with E-state index in [0.717, 1.165) is 0 Å². The molecule has 17 heavy (non-hydrogen) atoms. The molecule has 0 spiro atoms. The van der Waals surface area contributed by atoms with Crippen molar-refractivity contribution in [3.05, 3.63) is 38.1 Å². The van der Waals surface area contributed by atoms with Gasteiger partial charge in [0.1, 0.15) is 16.5 Å². The highest BCUT2D eigenvalue weighted by Crippen LogP contribution is 2.32. The van der Waals surface area contributed by atoms with Gasteiger partial charge in [-0.1, -0.05) is 11.6 Å². The lowest BCUT2D eigenvalue weighted by Gasteiger charge is -2.03. The Morgan fingerprint density at radius 3 is 2.94 bits per heavy atom. The SMILES string of the molecule is Cc1cc(=O)[nH]c(Sc2ncnc(Cl)c2Br)n1. The summed E-state index contributed by atoms with van der Waals surface area (Å²) < 4.78 is 0.579. The highest BCUT2D eigenvalue weighted by Gasteiger charge is 2.10. The number of nitrogens with zero attached hydrogens (tertiary/aromatic N) is 3. The molecule has 0 aliphatic carbocycles. The molecular weight excluding hydrogens is 328 g/mol. The number of hydrogen-bond acceptors (Lipinski definition) is 5. The second-order valence-electron chi connectivity index (χ2n) is 3.08. The van der Waals surface area contributed by atoms with E-state index in [1.807, 2.05) is 0 Å². The van der Waals surface area contributed by atoms with Crippen molar-refractivity contribution in [1.82, 2.24) is 19.9 Å². The molecule has 0 saturated carbocycles. The number of aryl methyl sites for hydroxylation is 1. The summed E-state index contributed by atoms with van der Waals surface area (Å²) in [6.45, 7) is 1.75. The van der Waals surface area contributed by atoms with Gasteiger partial charge in [0.15, 0.2) is 5.16 Å². The Morgan fingerprint density at radius 2 is 2.24 bits per heavy atom. The largest absolute Gasteiger partial charge is 0.301 e. The van der Waals surface area contributed by atoms with Crippen molar-refractivity contribution in [2.45, 2.75) is 17.1 Å². The van der Waals surface area contributed by atoms with Crippen LogP contribution in [-0.2, 0) is 0 Å². The second kappa shape index (κ2) is 5.16. The number of H-pyrrole nitrogens is 1. The Kier molecular flexibility index (Phi) is 3.80. The van der Waals surface area contributed by atoms with Gasteiger partial charge in [-0.15, -0.1) is 0 Å². The molecule has 0 aliphatic heterocycles. The van der Waals surface area contributed by atoms with Gasteiger partial charge in [0.25, 0.3) is 5.56 Å². The molecule has 0 saturated heterocycles. The van der Waals surface area contributed by atoms with Crippen LogP contribution in [0.4, 0.5) is 0 Å². The topological polar surface area (TPSA) is 71.5 Å². The summed E-state index contributed by atoms with van der Waals surface area (Å²) in [4.78, 5) is 25.9. The quantitative estimate of drug-likeness (QED) is 0.675. The van der Waals surface area contributed by atoms with Gasteiger partial charge in [-0.05, 0) is 34.6 Å². The molecule has 0 aliphatic rings. The third-order valence-corrected chi connectivity index (χ3v) is 4.17. The summed E-state index contributed by atoms with van der Waals surface area (Å²) in [6.07, 6.45) is 1.35. The zero-order valence-electron chi connectivity index (χ0n) is 8.57. The Labute approximate surface area is 114 Å². The van der Waals surface area contributed by atoms with Crippen LogP contribution in [-0.4, -0.2) is 19.9 Å². The first-order valence-electron chi connectivity index (χ1n) is 4.48. The molecule has 0 amide bonds. The van der Waals surface area contributed by atoms with E-state index in [1.54, 1.807) is 6.92 Å². The third kappa shape index (κ3) is 3.05. The molecule has 0 radical (unpaired) electrons. The lowest BCUT2D eigenvalue weighted by atomic mass is 10.5. The van der Waals surface area contributed by atoms with Gasteiger partial charge in [0.2, 0.25) is 0 Å². The Morgan fingerprint density at radius 1 is 1.47 bits per heavy atom. The minimum Gasteiger partial charge on any atom is -0.301 e. The molecule has 2 heterocycles. The van der Waals surface area contributed by atoms with Crippen molar-refractivity contribution in [1.29, 1.82) is 0 Å². The zero-order chi connectivity index (χ0) is 12.4. The highest BCUT2D eigenvalue weighted by atomic mass is 79.9. The number of aromatic nitrogens is 4. The molecule has 0 atom stereocenters. The first-order chi connectivity index (χ1) is 8.06. The second-order valence-corrected chi connectivity index (χ2v) is 5.21. The fraction of sp³-hybridized carbons (Fsp3) is 0.111. The fourth-order valence-corrected chi connectivity index (χ4v) is 2.54. The lowest BCUT2D eigenvalue weighted by molar-refractivity contribution is 0.898. The van der Waals surface area contributed by atoms with E-state index in [1.165, 1.54) is 24.2 Å². The minimum absolute atomic E-state index is 0.198. The molecule has 0 fully saturated rings. The lowest BCUT2D eigenvalue weighted by Crippen LogP contribution is -2.08. The van der Waals surface area contributed by atoms with Crippen molar-refractivity contribution in [2.24, 2.45) is 0 Å². The monoisotopic (exact) mass is 332 g/mol. The smallest absolute Gasteiger partial charge is 0.251 e. The van der Waals surface area contributed by atoms with Gasteiger partial charge in [-0.3, -0.25) is 4.79 Å². The standard InChI is InChI=1S/C9H6BrClN4OS/c1-4-2-5(16)15-9(14-4)17-8-6(10)7(11)12-3-13-8/h2-3H,1H3,(H,14,15,16). The maximum absolute atomic E-state index is 11.3. The Hall–Kier alpha value is -0.920. The van der Waals surface area contributed by atoms with E-state index < -0.39 is 0 Å². The number of nitrogens with one attached hydrogen (secondary N) is 1. The molecule has 0 bridgehead atoms. The summed E-state index contributed by atoms with van der Waals surface area (Å²) >= 11 is 10.3. The first kappa shape index (κ1) is 12.5. The van der Waals surface area contributed by atoms with Gasteiger partial charge in [0.05, 0.1) is 4.47 Å². The molecule has 88 valence electrons. The molecule has 0 aromatic carbocycles. The van der Waals surface area contributed by atoms with Gasteiger partial charge >= 0.3 is 0 Å². The van der Waals surface area contributed by atoms with Crippen molar-refractivity contribution >= 4 is 39.3 Å². The van der Waals surface area contributed by atoms with Crippen molar-refractivity contribution in [3.8, 4) is 0 Å². The van der Waals surface area contributed by atoms with E-state index in [0.29, 0.717) is 25.5 Å². The van der Waals surface area contributed by atoms with Crippen LogP contribution in [0.2, 0.25) is 5.15 Å². The summed E-state index contributed by atoms with van der Waals surface area (Å²) in [5, 5.41) is 1.38. The van der Waals surface area contributed by atoms with Crippen LogP contribution in [0, 0.1) is 6.92 Å². The van der Waals surface area contributed by atoms with Crippen LogP contribution in [0.15, 0.2) is 31.8 Å². The van der Waals surface area contributed by atoms with Crippen molar-refractivity contribution < 1.29 is 0 Å². The molecule has 1 N–H and O–H groups in total. The molecule has 2 rings (SSSR count). The van der Waals surface area contributed by atoms with Crippen molar-refractivity contribution in [3.63, 3.8) is 0 Å². The summed E-state index contributed by atoms with van der Waals surface area (Å²) in [7, 11) is 0. The maximum Gasteiger partial charge on any atom is 0.251 e. The number of halogens is 2. The number of rotatable bonds is 2. The predicted octanol–water partition coefficient (Wildman–Crippen LogP) is 2.44. The van der Waals surface area contributed by atoms with Gasteiger partial charge in [0, 0.05) is 11.8 Å². The molecule has 5 nitrogen and oxygen atoms in total. The van der Waals surface area contributed by atoms with E-state index in [9.17, 15) is 4.79 Å². The van der Waals surface area contributed by atoms with Crippen LogP contribution in [0.1, 0.15) is 5.69 Å². The number of hydrogen-bond donors (Lipinski definition) is 1. The molecule has 8 heteroatoms. The average molecular weight is 334 g/mol. The molecule has 0 unspecified atom stereocenters. The summed E-state index contributed by atoms with van der Waals surface area (Å²) in [5.41, 5.74) is 0.448. The van der Waals surface area contributed by atoms with Gasteiger partial charge in [-0.2, -0.15) is 0 Å². The minimum atomic E-state index is -0.198. The van der Waals surface area contributed by atoms with Gasteiger partial charge < -0.3 is 4.98 Å². The summed E-state index contributed by atoms with van der Waals surface area (Å²) in [6, 6.07) is 1.42. The van der Waals surface area contributed by atoms with Crippen LogP contribution >= 0.6 is 39.3 Å².